The van der Waals surface area contributed by atoms with Crippen LogP contribution in [0.1, 0.15) is 18.4 Å². The highest BCUT2D eigenvalue weighted by Gasteiger charge is 2.42. The van der Waals surface area contributed by atoms with Gasteiger partial charge < -0.3 is 14.4 Å². The number of rotatable bonds is 1. The van der Waals surface area contributed by atoms with Crippen molar-refractivity contribution in [2.24, 2.45) is 0 Å². The van der Waals surface area contributed by atoms with E-state index < -0.39 is 17.5 Å². The van der Waals surface area contributed by atoms with Gasteiger partial charge in [0, 0.05) is 30.4 Å². The smallest absolute Gasteiger partial charge is 0.371 e. The van der Waals surface area contributed by atoms with Crippen LogP contribution in [0.25, 0.3) is 0 Å². The third kappa shape index (κ3) is 3.05. The second-order valence-electron chi connectivity index (χ2n) is 5.25. The summed E-state index contributed by atoms with van der Waals surface area (Å²) >= 11 is 3.25. The van der Waals surface area contributed by atoms with Gasteiger partial charge in [-0.05, 0) is 18.2 Å². The number of nitrogens with zero attached hydrogens (tertiary/aromatic N) is 1. The van der Waals surface area contributed by atoms with E-state index in [0.717, 1.165) is 6.07 Å². The highest BCUT2D eigenvalue weighted by molar-refractivity contribution is 9.10. The van der Waals surface area contributed by atoms with Gasteiger partial charge in [0.05, 0.1) is 24.5 Å². The number of alkyl halides is 3. The van der Waals surface area contributed by atoms with Gasteiger partial charge in [0.15, 0.2) is 5.79 Å². The van der Waals surface area contributed by atoms with E-state index in [0.29, 0.717) is 43.6 Å². The molecule has 2 fully saturated rings. The van der Waals surface area contributed by atoms with Crippen LogP contribution in [0.15, 0.2) is 22.7 Å². The van der Waals surface area contributed by atoms with Crippen LogP contribution in [0.4, 0.5) is 18.9 Å². The molecule has 0 amide bonds. The number of piperidine rings is 1. The molecule has 21 heavy (non-hydrogen) atoms. The Morgan fingerprint density at radius 2 is 1.71 bits per heavy atom. The second-order valence-corrected chi connectivity index (χ2v) is 6.17. The summed E-state index contributed by atoms with van der Waals surface area (Å²) in [6.07, 6.45) is -3.20. The fourth-order valence-corrected chi connectivity index (χ4v) is 3.23. The van der Waals surface area contributed by atoms with Crippen molar-refractivity contribution in [3.05, 3.63) is 28.2 Å². The normalized spacial score (nSPS) is 22.0. The third-order valence-electron chi connectivity index (χ3n) is 3.94. The van der Waals surface area contributed by atoms with E-state index in [-0.39, 0.29) is 5.69 Å². The number of hydrogen-bond donors (Lipinski definition) is 0. The first-order valence-electron chi connectivity index (χ1n) is 6.79. The lowest BCUT2D eigenvalue weighted by Gasteiger charge is -2.39. The van der Waals surface area contributed by atoms with Crippen molar-refractivity contribution in [1.82, 2.24) is 0 Å². The standard InChI is InChI=1S/C14H15BrF3NO2/c15-10-1-2-11(14(16,17)18)12(9-10)19-5-3-13(4-6-19)20-7-8-21-13/h1-2,9H,3-8H2. The molecule has 1 aromatic rings. The summed E-state index contributed by atoms with van der Waals surface area (Å²) in [7, 11) is 0. The van der Waals surface area contributed by atoms with Crippen molar-refractivity contribution < 1.29 is 22.6 Å². The topological polar surface area (TPSA) is 21.7 Å². The van der Waals surface area contributed by atoms with Gasteiger partial charge in [-0.3, -0.25) is 0 Å². The van der Waals surface area contributed by atoms with Crippen molar-refractivity contribution in [2.75, 3.05) is 31.2 Å². The summed E-state index contributed by atoms with van der Waals surface area (Å²) in [5, 5.41) is 0. The first-order valence-corrected chi connectivity index (χ1v) is 7.59. The Bertz CT molecular complexity index is 519. The summed E-state index contributed by atoms with van der Waals surface area (Å²) in [6, 6.07) is 4.06. The molecule has 1 aromatic carbocycles. The van der Waals surface area contributed by atoms with Crippen LogP contribution < -0.4 is 4.90 Å². The zero-order valence-electron chi connectivity index (χ0n) is 11.3. The van der Waals surface area contributed by atoms with E-state index in [9.17, 15) is 13.2 Å². The molecule has 0 unspecified atom stereocenters. The van der Waals surface area contributed by atoms with Crippen molar-refractivity contribution in [3.8, 4) is 0 Å². The Morgan fingerprint density at radius 3 is 2.29 bits per heavy atom. The second kappa shape index (κ2) is 5.44. The Morgan fingerprint density at radius 1 is 1.10 bits per heavy atom. The average Bonchev–Trinajstić information content (AvgIpc) is 2.86. The van der Waals surface area contributed by atoms with Crippen molar-refractivity contribution in [1.29, 1.82) is 0 Å². The minimum atomic E-state index is -4.36. The van der Waals surface area contributed by atoms with E-state index in [2.05, 4.69) is 15.9 Å². The fraction of sp³-hybridized carbons (Fsp3) is 0.571. The lowest BCUT2D eigenvalue weighted by Crippen LogP contribution is -2.45. The van der Waals surface area contributed by atoms with Gasteiger partial charge in [-0.1, -0.05) is 15.9 Å². The van der Waals surface area contributed by atoms with Gasteiger partial charge in [-0.25, -0.2) is 0 Å². The van der Waals surface area contributed by atoms with Crippen LogP contribution in [0.3, 0.4) is 0 Å². The van der Waals surface area contributed by atoms with Crippen LogP contribution in [-0.4, -0.2) is 32.1 Å². The molecule has 0 bridgehead atoms. The summed E-state index contributed by atoms with van der Waals surface area (Å²) in [5.41, 5.74) is -0.389. The van der Waals surface area contributed by atoms with Gasteiger partial charge in [0.25, 0.3) is 0 Å². The molecular formula is C14H15BrF3NO2. The van der Waals surface area contributed by atoms with Crippen LogP contribution >= 0.6 is 15.9 Å². The van der Waals surface area contributed by atoms with Gasteiger partial charge in [0.1, 0.15) is 0 Å². The van der Waals surface area contributed by atoms with Gasteiger partial charge in [-0.2, -0.15) is 13.2 Å². The molecule has 3 rings (SSSR count). The Hall–Kier alpha value is -0.790. The zero-order chi connectivity index (χ0) is 15.1. The maximum absolute atomic E-state index is 13.1. The first kappa shape index (κ1) is 15.1. The van der Waals surface area contributed by atoms with E-state index in [1.165, 1.54) is 12.1 Å². The number of anilines is 1. The molecule has 0 aliphatic carbocycles. The zero-order valence-corrected chi connectivity index (χ0v) is 12.8. The van der Waals surface area contributed by atoms with E-state index in [1.807, 2.05) is 0 Å². The largest absolute Gasteiger partial charge is 0.418 e. The molecule has 2 aliphatic heterocycles. The molecule has 0 aromatic heterocycles. The third-order valence-corrected chi connectivity index (χ3v) is 4.44. The predicted octanol–water partition coefficient (Wildman–Crippen LogP) is 3.81. The molecule has 3 nitrogen and oxygen atoms in total. The first-order chi connectivity index (χ1) is 9.90. The molecule has 0 N–H and O–H groups in total. The number of benzene rings is 1. The predicted molar refractivity (Wildman–Crippen MR) is 75.2 cm³/mol. The lowest BCUT2D eigenvalue weighted by atomic mass is 10.0. The highest BCUT2D eigenvalue weighted by Crippen LogP contribution is 2.40. The SMILES string of the molecule is FC(F)(F)c1ccc(Br)cc1N1CCC2(CC1)OCCO2. The van der Waals surface area contributed by atoms with Crippen LogP contribution in [-0.2, 0) is 15.7 Å². The van der Waals surface area contributed by atoms with Crippen LogP contribution in [0, 0.1) is 0 Å². The highest BCUT2D eigenvalue weighted by atomic mass is 79.9. The lowest BCUT2D eigenvalue weighted by molar-refractivity contribution is -0.169. The van der Waals surface area contributed by atoms with Crippen molar-refractivity contribution in [3.63, 3.8) is 0 Å². The Kier molecular flexibility index (Phi) is 3.92. The maximum atomic E-state index is 13.1. The number of ether oxygens (including phenoxy) is 2. The van der Waals surface area contributed by atoms with Crippen LogP contribution in [0.5, 0.6) is 0 Å². The number of halogens is 4. The summed E-state index contributed by atoms with van der Waals surface area (Å²) in [6.45, 7) is 2.09. The monoisotopic (exact) mass is 365 g/mol. The molecule has 0 saturated carbocycles. The summed E-state index contributed by atoms with van der Waals surface area (Å²) in [4.78, 5) is 1.75. The Balaban J connectivity index is 1.83. The Labute approximate surface area is 129 Å². The number of hydrogen-bond acceptors (Lipinski definition) is 3. The van der Waals surface area contributed by atoms with Crippen LogP contribution in [0.2, 0.25) is 0 Å². The minimum Gasteiger partial charge on any atom is -0.371 e. The molecule has 1 spiro atoms. The fourth-order valence-electron chi connectivity index (χ4n) is 2.88. The van der Waals surface area contributed by atoms with Gasteiger partial charge in [-0.15, -0.1) is 0 Å². The quantitative estimate of drug-likeness (QED) is 0.755. The molecule has 2 heterocycles. The molecular weight excluding hydrogens is 351 g/mol. The molecule has 2 saturated heterocycles. The van der Waals surface area contributed by atoms with Crippen molar-refractivity contribution >= 4 is 21.6 Å². The van der Waals surface area contributed by atoms with E-state index in [4.69, 9.17) is 9.47 Å². The van der Waals surface area contributed by atoms with E-state index in [1.54, 1.807) is 4.90 Å². The molecule has 0 atom stereocenters. The molecule has 116 valence electrons. The van der Waals surface area contributed by atoms with Crippen molar-refractivity contribution in [2.45, 2.75) is 24.8 Å². The summed E-state index contributed by atoms with van der Waals surface area (Å²) < 4.78 is 51.3. The van der Waals surface area contributed by atoms with E-state index >= 15 is 0 Å². The van der Waals surface area contributed by atoms with Gasteiger partial charge >= 0.3 is 6.18 Å². The molecule has 2 aliphatic rings. The molecule has 7 heteroatoms. The molecule has 0 radical (unpaired) electrons. The van der Waals surface area contributed by atoms with Gasteiger partial charge in [0.2, 0.25) is 0 Å². The average molecular weight is 366 g/mol. The maximum Gasteiger partial charge on any atom is 0.418 e. The minimum absolute atomic E-state index is 0.213. The summed E-state index contributed by atoms with van der Waals surface area (Å²) in [5.74, 6) is -0.582.